The van der Waals surface area contributed by atoms with Crippen LogP contribution < -0.4 is 4.31 Å². The third-order valence-corrected chi connectivity index (χ3v) is 8.52. The highest BCUT2D eigenvalue weighted by atomic mass is 32.2. The predicted molar refractivity (Wildman–Crippen MR) is 134 cm³/mol. The van der Waals surface area contributed by atoms with Gasteiger partial charge in [-0.25, -0.2) is 8.42 Å². The number of sulfonamides is 1. The van der Waals surface area contributed by atoms with Gasteiger partial charge in [0.05, 0.1) is 22.8 Å². The lowest BCUT2D eigenvalue weighted by Crippen LogP contribution is -2.50. The number of likely N-dealkylation sites (tertiary alicyclic amines) is 1. The molecule has 4 rings (SSSR count). The molecule has 1 amide bonds. The summed E-state index contributed by atoms with van der Waals surface area (Å²) in [4.78, 5) is 17.9. The van der Waals surface area contributed by atoms with Crippen molar-refractivity contribution in [2.45, 2.75) is 56.8 Å². The molecule has 0 saturated carbocycles. The number of benzene rings is 2. The summed E-state index contributed by atoms with van der Waals surface area (Å²) in [5.74, 6) is -0.105. The average molecular weight is 486 g/mol. The Kier molecular flexibility index (Phi) is 7.31. The van der Waals surface area contributed by atoms with E-state index in [-0.39, 0.29) is 29.1 Å². The molecular formula is C26H35N3O4S. The Hall–Kier alpha value is -2.42. The van der Waals surface area contributed by atoms with Crippen LogP contribution in [0.25, 0.3) is 0 Å². The highest BCUT2D eigenvalue weighted by molar-refractivity contribution is 7.92. The maximum Gasteiger partial charge on any atom is 0.264 e. The van der Waals surface area contributed by atoms with Crippen LogP contribution in [-0.2, 0) is 14.8 Å². The van der Waals surface area contributed by atoms with E-state index >= 15 is 0 Å². The first-order valence-corrected chi connectivity index (χ1v) is 13.4. The second-order valence-electron chi connectivity index (χ2n) is 9.61. The molecule has 3 unspecified atom stereocenters. The van der Waals surface area contributed by atoms with E-state index < -0.39 is 10.0 Å². The Morgan fingerprint density at radius 1 is 1.09 bits per heavy atom. The number of ether oxygens (including phenoxy) is 1. The molecule has 0 spiro atoms. The number of anilines is 1. The molecule has 2 aliphatic rings. The monoisotopic (exact) mass is 485 g/mol. The summed E-state index contributed by atoms with van der Waals surface area (Å²) in [6.45, 7) is 9.36. The topological polar surface area (TPSA) is 70.2 Å². The summed E-state index contributed by atoms with van der Waals surface area (Å²) < 4.78 is 33.7. The lowest BCUT2D eigenvalue weighted by molar-refractivity contribution is -0.0715. The summed E-state index contributed by atoms with van der Waals surface area (Å²) in [7, 11) is -2.26. The van der Waals surface area contributed by atoms with Crippen LogP contribution in [0.4, 0.5) is 5.69 Å². The van der Waals surface area contributed by atoms with Crippen LogP contribution in [0.5, 0.6) is 0 Å². The average Bonchev–Trinajstić information content (AvgIpc) is 3.26. The van der Waals surface area contributed by atoms with E-state index in [0.717, 1.165) is 38.0 Å². The van der Waals surface area contributed by atoms with Crippen molar-refractivity contribution in [3.05, 3.63) is 59.7 Å². The van der Waals surface area contributed by atoms with E-state index in [1.54, 1.807) is 30.3 Å². The molecule has 2 aliphatic heterocycles. The molecule has 0 bridgehead atoms. The third-order valence-electron chi connectivity index (χ3n) is 6.74. The normalized spacial score (nSPS) is 23.8. The second-order valence-corrected chi connectivity index (χ2v) is 11.6. The van der Waals surface area contributed by atoms with Crippen molar-refractivity contribution < 1.29 is 17.9 Å². The molecule has 34 heavy (non-hydrogen) atoms. The molecule has 7 nitrogen and oxygen atoms in total. The maximum atomic E-state index is 13.5. The summed E-state index contributed by atoms with van der Waals surface area (Å²) in [6, 6.07) is 13.9. The minimum absolute atomic E-state index is 0.105. The Balaban J connectivity index is 1.51. The zero-order valence-corrected chi connectivity index (χ0v) is 21.3. The smallest absolute Gasteiger partial charge is 0.264 e. The van der Waals surface area contributed by atoms with Crippen LogP contribution in [0.1, 0.15) is 42.6 Å². The quantitative estimate of drug-likeness (QED) is 0.626. The highest BCUT2D eigenvalue weighted by Gasteiger charge is 2.33. The van der Waals surface area contributed by atoms with Gasteiger partial charge in [-0.05, 0) is 63.9 Å². The molecule has 8 heteroatoms. The number of carbonyl (C=O) groups excluding carboxylic acids is 1. The number of nitrogens with zero attached hydrogens (tertiary/aromatic N) is 3. The molecule has 0 radical (unpaired) electrons. The zero-order valence-electron chi connectivity index (χ0n) is 20.5. The molecule has 0 aliphatic carbocycles. The van der Waals surface area contributed by atoms with Crippen LogP contribution in [0.3, 0.4) is 0 Å². The van der Waals surface area contributed by atoms with Crippen molar-refractivity contribution in [3.63, 3.8) is 0 Å². The molecule has 184 valence electrons. The van der Waals surface area contributed by atoms with Crippen molar-refractivity contribution in [2.75, 3.05) is 37.5 Å². The Bertz CT molecular complexity index is 1110. The molecule has 2 aromatic rings. The minimum Gasteiger partial charge on any atom is -0.373 e. The second kappa shape index (κ2) is 10.1. The molecule has 2 aromatic carbocycles. The predicted octanol–water partition coefficient (Wildman–Crippen LogP) is 3.53. The van der Waals surface area contributed by atoms with E-state index in [4.69, 9.17) is 4.74 Å². The first-order chi connectivity index (χ1) is 16.1. The van der Waals surface area contributed by atoms with Crippen molar-refractivity contribution in [1.82, 2.24) is 9.80 Å². The molecule has 0 aromatic heterocycles. The van der Waals surface area contributed by atoms with Gasteiger partial charge in [0.1, 0.15) is 0 Å². The summed E-state index contributed by atoms with van der Waals surface area (Å²) in [6.07, 6.45) is 2.28. The van der Waals surface area contributed by atoms with Gasteiger partial charge in [-0.2, -0.15) is 0 Å². The first-order valence-electron chi connectivity index (χ1n) is 12.0. The van der Waals surface area contributed by atoms with Gasteiger partial charge in [0, 0.05) is 44.8 Å². The van der Waals surface area contributed by atoms with E-state index in [0.29, 0.717) is 17.8 Å². The Labute approximate surface area is 203 Å². The van der Waals surface area contributed by atoms with Crippen LogP contribution in [0, 0.1) is 6.92 Å². The van der Waals surface area contributed by atoms with E-state index in [1.165, 1.54) is 17.4 Å². The first kappa shape index (κ1) is 24.7. The maximum absolute atomic E-state index is 13.5. The number of carbonyl (C=O) groups is 1. The van der Waals surface area contributed by atoms with Crippen molar-refractivity contribution >= 4 is 21.6 Å². The Morgan fingerprint density at radius 3 is 2.44 bits per heavy atom. The van der Waals surface area contributed by atoms with Gasteiger partial charge in [-0.3, -0.25) is 14.0 Å². The van der Waals surface area contributed by atoms with Gasteiger partial charge in [-0.1, -0.05) is 23.8 Å². The fourth-order valence-electron chi connectivity index (χ4n) is 5.03. The lowest BCUT2D eigenvalue weighted by atomic mass is 10.1. The van der Waals surface area contributed by atoms with Gasteiger partial charge < -0.3 is 9.64 Å². The molecule has 2 heterocycles. The van der Waals surface area contributed by atoms with Crippen LogP contribution in [0.2, 0.25) is 0 Å². The summed E-state index contributed by atoms with van der Waals surface area (Å²) in [5, 5.41) is 0. The number of hydrogen-bond donors (Lipinski definition) is 0. The molecular weight excluding hydrogens is 450 g/mol. The Morgan fingerprint density at radius 2 is 1.76 bits per heavy atom. The standard InChI is InChI=1S/C26H35N3O4S/c1-19-10-12-23(13-11-19)27(4)34(31,32)25-9-5-7-22(15-25)26(30)29-14-6-8-24(29)18-28-16-20(2)33-21(3)17-28/h5,7,9-13,15,20-21,24H,6,8,14,16-18H2,1-4H3. The third kappa shape index (κ3) is 5.29. The fourth-order valence-corrected chi connectivity index (χ4v) is 6.27. The van der Waals surface area contributed by atoms with Crippen LogP contribution >= 0.6 is 0 Å². The highest BCUT2D eigenvalue weighted by Crippen LogP contribution is 2.26. The van der Waals surface area contributed by atoms with Crippen molar-refractivity contribution in [1.29, 1.82) is 0 Å². The van der Waals surface area contributed by atoms with E-state index in [1.807, 2.05) is 24.0 Å². The SMILES string of the molecule is Cc1ccc(N(C)S(=O)(=O)c2cccc(C(=O)N3CCCC3CN3CC(C)OC(C)C3)c2)cc1. The van der Waals surface area contributed by atoms with Crippen LogP contribution in [0.15, 0.2) is 53.4 Å². The van der Waals surface area contributed by atoms with Gasteiger partial charge >= 0.3 is 0 Å². The zero-order chi connectivity index (χ0) is 24.5. The van der Waals surface area contributed by atoms with Crippen molar-refractivity contribution in [3.8, 4) is 0 Å². The fraction of sp³-hybridized carbons (Fsp3) is 0.500. The summed E-state index contributed by atoms with van der Waals surface area (Å²) in [5.41, 5.74) is 2.05. The molecule has 0 N–H and O–H groups in total. The van der Waals surface area contributed by atoms with Crippen LogP contribution in [-0.4, -0.2) is 75.6 Å². The number of rotatable bonds is 6. The van der Waals surface area contributed by atoms with Gasteiger partial charge in [0.15, 0.2) is 0 Å². The molecule has 2 saturated heterocycles. The van der Waals surface area contributed by atoms with Crippen molar-refractivity contribution in [2.24, 2.45) is 0 Å². The van der Waals surface area contributed by atoms with Gasteiger partial charge in [0.25, 0.3) is 15.9 Å². The minimum atomic E-state index is -3.79. The number of aryl methyl sites for hydroxylation is 1. The molecule has 2 fully saturated rings. The number of hydrogen-bond acceptors (Lipinski definition) is 5. The summed E-state index contributed by atoms with van der Waals surface area (Å²) >= 11 is 0. The van der Waals surface area contributed by atoms with Gasteiger partial charge in [-0.15, -0.1) is 0 Å². The van der Waals surface area contributed by atoms with Gasteiger partial charge in [0.2, 0.25) is 0 Å². The number of morpholine rings is 1. The van der Waals surface area contributed by atoms with E-state index in [9.17, 15) is 13.2 Å². The molecule has 3 atom stereocenters. The van der Waals surface area contributed by atoms with E-state index in [2.05, 4.69) is 18.7 Å². The number of amides is 1. The largest absolute Gasteiger partial charge is 0.373 e. The lowest BCUT2D eigenvalue weighted by Gasteiger charge is -2.38.